The van der Waals surface area contributed by atoms with Crippen LogP contribution in [0.4, 0.5) is 0 Å². The third kappa shape index (κ3) is 1.36. The van der Waals surface area contributed by atoms with Crippen LogP contribution < -0.4 is 0 Å². The second kappa shape index (κ2) is 2.83. The molecule has 0 aromatic rings. The molecule has 0 unspecified atom stereocenters. The van der Waals surface area contributed by atoms with Gasteiger partial charge in [-0.25, -0.2) is 8.42 Å². The van der Waals surface area contributed by atoms with Crippen LogP contribution in [0, 0.1) is 16.7 Å². The Morgan fingerprint density at radius 2 is 2.07 bits per heavy atom. The zero-order chi connectivity index (χ0) is 11.5. The third-order valence-electron chi connectivity index (χ3n) is 4.56. The standard InChI is InChI=1S/C10H16O4S/c1-9(2)7-3-4-10(9,8(11)5-7)6-15(12,13)14/h7H,3-6H2,1-2H3,(H,12,13,14)/p-1/t7-,10+/m1/s1. The smallest absolute Gasteiger partial charge is 0.140 e. The summed E-state index contributed by atoms with van der Waals surface area (Å²) in [5, 5.41) is 0. The summed E-state index contributed by atoms with van der Waals surface area (Å²) in [6.45, 7) is 3.83. The van der Waals surface area contributed by atoms with Gasteiger partial charge in [0.1, 0.15) is 5.78 Å². The maximum Gasteiger partial charge on any atom is 0.140 e. The molecule has 5 heteroatoms. The normalized spacial score (nSPS) is 38.6. The van der Waals surface area contributed by atoms with Crippen LogP contribution in [-0.4, -0.2) is 24.5 Å². The Morgan fingerprint density at radius 1 is 1.47 bits per heavy atom. The lowest BCUT2D eigenvalue weighted by atomic mass is 9.70. The van der Waals surface area contributed by atoms with Crippen LogP contribution in [0.15, 0.2) is 0 Å². The van der Waals surface area contributed by atoms with E-state index in [1.165, 1.54) is 0 Å². The third-order valence-corrected chi connectivity index (χ3v) is 5.41. The minimum absolute atomic E-state index is 0.0248. The zero-order valence-corrected chi connectivity index (χ0v) is 9.76. The number of Topliss-reactive ketones (excluding diaryl/α,β-unsaturated/α-hetero) is 1. The van der Waals surface area contributed by atoms with Crippen molar-refractivity contribution < 1.29 is 17.8 Å². The molecule has 2 fully saturated rings. The highest BCUT2D eigenvalue weighted by atomic mass is 32.2. The Balaban J connectivity index is 2.45. The molecule has 15 heavy (non-hydrogen) atoms. The molecule has 4 nitrogen and oxygen atoms in total. The van der Waals surface area contributed by atoms with E-state index in [-0.39, 0.29) is 17.1 Å². The summed E-state index contributed by atoms with van der Waals surface area (Å²) in [6, 6.07) is 0. The van der Waals surface area contributed by atoms with Gasteiger partial charge in [-0.1, -0.05) is 13.8 Å². The molecule has 2 aliphatic rings. The molecule has 0 amide bonds. The number of rotatable bonds is 2. The van der Waals surface area contributed by atoms with Crippen molar-refractivity contribution in [3.8, 4) is 0 Å². The summed E-state index contributed by atoms with van der Waals surface area (Å²) in [4.78, 5) is 11.8. The lowest BCUT2D eigenvalue weighted by Crippen LogP contribution is -2.42. The predicted molar refractivity (Wildman–Crippen MR) is 53.1 cm³/mol. The summed E-state index contributed by atoms with van der Waals surface area (Å²) in [6.07, 6.45) is 1.88. The topological polar surface area (TPSA) is 74.3 Å². The highest BCUT2D eigenvalue weighted by Gasteiger charge is 2.64. The summed E-state index contributed by atoms with van der Waals surface area (Å²) in [7, 11) is -4.33. The predicted octanol–water partition coefficient (Wildman–Crippen LogP) is 0.927. The Hall–Kier alpha value is -0.420. The minimum atomic E-state index is -4.33. The maximum absolute atomic E-state index is 11.8. The number of fused-ring (bicyclic) bond motifs is 2. The van der Waals surface area contributed by atoms with Gasteiger partial charge >= 0.3 is 0 Å². The van der Waals surface area contributed by atoms with Crippen LogP contribution in [0.2, 0.25) is 0 Å². The van der Waals surface area contributed by atoms with Gasteiger partial charge in [0.05, 0.1) is 15.9 Å². The van der Waals surface area contributed by atoms with E-state index >= 15 is 0 Å². The molecular formula is C10H15O4S-. The van der Waals surface area contributed by atoms with Crippen LogP contribution in [0.5, 0.6) is 0 Å². The van der Waals surface area contributed by atoms with Crippen LogP contribution in [0.1, 0.15) is 33.1 Å². The average Bonchev–Trinajstić information content (AvgIpc) is 2.34. The van der Waals surface area contributed by atoms with Crippen LogP contribution in [-0.2, 0) is 14.9 Å². The zero-order valence-electron chi connectivity index (χ0n) is 8.95. The number of hydrogen-bond donors (Lipinski definition) is 0. The number of ketones is 1. The largest absolute Gasteiger partial charge is 0.748 e. The molecule has 2 rings (SSSR count). The molecular weight excluding hydrogens is 216 g/mol. The van der Waals surface area contributed by atoms with Gasteiger partial charge < -0.3 is 4.55 Å². The van der Waals surface area contributed by atoms with Crippen molar-refractivity contribution in [1.29, 1.82) is 0 Å². The first-order chi connectivity index (χ1) is 6.69. The fraction of sp³-hybridized carbons (Fsp3) is 0.900. The molecule has 0 heterocycles. The lowest BCUT2D eigenvalue weighted by Gasteiger charge is -2.37. The van der Waals surface area contributed by atoms with E-state index in [0.717, 1.165) is 6.42 Å². The second-order valence-corrected chi connectivity index (χ2v) is 6.77. The molecule has 0 aromatic carbocycles. The van der Waals surface area contributed by atoms with Gasteiger partial charge in [-0.05, 0) is 24.2 Å². The Kier molecular flexibility index (Phi) is 2.09. The number of carbonyl (C=O) groups excluding carboxylic acids is 1. The molecule has 86 valence electrons. The van der Waals surface area contributed by atoms with E-state index in [2.05, 4.69) is 0 Å². The lowest BCUT2D eigenvalue weighted by molar-refractivity contribution is -0.128. The summed E-state index contributed by atoms with van der Waals surface area (Å²) >= 11 is 0. The summed E-state index contributed by atoms with van der Waals surface area (Å²) in [5.74, 6) is -0.280. The van der Waals surface area contributed by atoms with Gasteiger partial charge in [0.15, 0.2) is 0 Å². The van der Waals surface area contributed by atoms with Crippen LogP contribution in [0.25, 0.3) is 0 Å². The molecule has 0 N–H and O–H groups in total. The quantitative estimate of drug-likeness (QED) is 0.662. The van der Waals surface area contributed by atoms with Crippen molar-refractivity contribution in [2.24, 2.45) is 16.7 Å². The summed E-state index contributed by atoms with van der Waals surface area (Å²) in [5.41, 5.74) is -1.22. The monoisotopic (exact) mass is 231 g/mol. The van der Waals surface area contributed by atoms with E-state index in [1.54, 1.807) is 0 Å². The molecule has 2 atom stereocenters. The summed E-state index contributed by atoms with van der Waals surface area (Å²) < 4.78 is 32.7. The maximum atomic E-state index is 11.8. The first-order valence-corrected chi connectivity index (χ1v) is 6.74. The number of hydrogen-bond acceptors (Lipinski definition) is 4. The first-order valence-electron chi connectivity index (χ1n) is 5.16. The van der Waals surface area contributed by atoms with Gasteiger partial charge in [0, 0.05) is 11.8 Å². The minimum Gasteiger partial charge on any atom is -0.748 e. The van der Waals surface area contributed by atoms with Gasteiger partial charge in [-0.2, -0.15) is 0 Å². The highest BCUT2D eigenvalue weighted by molar-refractivity contribution is 7.85. The van der Waals surface area contributed by atoms with Crippen molar-refractivity contribution in [3.63, 3.8) is 0 Å². The second-order valence-electron chi connectivity index (χ2n) is 5.37. The van der Waals surface area contributed by atoms with E-state index in [0.29, 0.717) is 12.8 Å². The van der Waals surface area contributed by atoms with Gasteiger partial charge in [-0.3, -0.25) is 4.79 Å². The van der Waals surface area contributed by atoms with Gasteiger partial charge in [0.2, 0.25) is 0 Å². The van der Waals surface area contributed by atoms with Crippen LogP contribution in [0.3, 0.4) is 0 Å². The van der Waals surface area contributed by atoms with E-state index in [1.807, 2.05) is 13.8 Å². The van der Waals surface area contributed by atoms with Crippen molar-refractivity contribution in [2.75, 3.05) is 5.75 Å². The molecule has 2 saturated carbocycles. The molecule has 0 aromatic heterocycles. The average molecular weight is 231 g/mol. The Bertz CT molecular complexity index is 409. The molecule has 0 spiro atoms. The SMILES string of the molecule is CC1(C)[C@@H]2CC[C@]1(CS(=O)(=O)[O-])C(=O)C2. The van der Waals surface area contributed by atoms with Crippen molar-refractivity contribution in [2.45, 2.75) is 33.1 Å². The molecule has 2 aliphatic carbocycles. The van der Waals surface area contributed by atoms with Crippen LogP contribution >= 0.6 is 0 Å². The fourth-order valence-corrected chi connectivity index (χ4v) is 4.69. The number of carbonyl (C=O) groups is 1. The molecule has 0 radical (unpaired) electrons. The van der Waals surface area contributed by atoms with E-state index in [4.69, 9.17) is 0 Å². The van der Waals surface area contributed by atoms with Gasteiger partial charge in [-0.15, -0.1) is 0 Å². The Morgan fingerprint density at radius 3 is 2.40 bits per heavy atom. The van der Waals surface area contributed by atoms with Crippen molar-refractivity contribution >= 4 is 15.9 Å². The van der Waals surface area contributed by atoms with Crippen molar-refractivity contribution in [3.05, 3.63) is 0 Å². The fourth-order valence-electron chi connectivity index (χ4n) is 3.41. The molecule has 0 saturated heterocycles. The van der Waals surface area contributed by atoms with Gasteiger partial charge in [0.25, 0.3) is 0 Å². The van der Waals surface area contributed by atoms with Crippen molar-refractivity contribution in [1.82, 2.24) is 0 Å². The molecule has 0 aliphatic heterocycles. The first kappa shape index (κ1) is 11.1. The van der Waals surface area contributed by atoms with E-state index in [9.17, 15) is 17.8 Å². The van der Waals surface area contributed by atoms with E-state index < -0.39 is 21.3 Å². The highest BCUT2D eigenvalue weighted by Crippen LogP contribution is 2.64. The Labute approximate surface area is 89.8 Å². The molecule has 2 bridgehead atoms.